The molecule has 2 aromatic carbocycles. The summed E-state index contributed by atoms with van der Waals surface area (Å²) in [6, 6.07) is 15.0. The first-order valence-corrected chi connectivity index (χ1v) is 9.16. The van der Waals surface area contributed by atoms with Gasteiger partial charge in [-0.05, 0) is 55.3 Å². The van der Waals surface area contributed by atoms with Crippen LogP contribution >= 0.6 is 0 Å². The molecule has 2 aromatic rings. The molecule has 1 fully saturated rings. The van der Waals surface area contributed by atoms with Crippen molar-refractivity contribution in [3.63, 3.8) is 0 Å². The van der Waals surface area contributed by atoms with Crippen molar-refractivity contribution >= 4 is 11.6 Å². The van der Waals surface area contributed by atoms with E-state index in [9.17, 15) is 9.18 Å². The zero-order valence-electron chi connectivity index (χ0n) is 15.2. The lowest BCUT2D eigenvalue weighted by atomic mass is 10.1. The van der Waals surface area contributed by atoms with Crippen LogP contribution in [0.5, 0.6) is 0 Å². The second kappa shape index (κ2) is 8.81. The van der Waals surface area contributed by atoms with Crippen LogP contribution in [0.2, 0.25) is 0 Å². The lowest BCUT2D eigenvalue weighted by Gasteiger charge is -2.36. The summed E-state index contributed by atoms with van der Waals surface area (Å²) in [7, 11) is 0. The molecule has 0 saturated carbocycles. The minimum absolute atomic E-state index is 0.146. The fourth-order valence-corrected chi connectivity index (χ4v) is 3.23. The molecule has 1 N–H and O–H groups in total. The van der Waals surface area contributed by atoms with E-state index in [0.717, 1.165) is 38.2 Å². The Bertz CT molecular complexity index is 724. The minimum atomic E-state index is -0.221. The van der Waals surface area contributed by atoms with Crippen LogP contribution in [0.25, 0.3) is 0 Å². The number of amides is 1. The third-order valence-electron chi connectivity index (χ3n) is 4.78. The van der Waals surface area contributed by atoms with Gasteiger partial charge in [-0.1, -0.05) is 24.3 Å². The monoisotopic (exact) mass is 355 g/mol. The van der Waals surface area contributed by atoms with Gasteiger partial charge in [0.2, 0.25) is 5.91 Å². The molecule has 1 saturated heterocycles. The zero-order valence-corrected chi connectivity index (χ0v) is 15.2. The molecule has 1 amide bonds. The van der Waals surface area contributed by atoms with Gasteiger partial charge in [-0.15, -0.1) is 0 Å². The first-order valence-electron chi connectivity index (χ1n) is 9.16. The molecule has 0 aromatic heterocycles. The van der Waals surface area contributed by atoms with Crippen LogP contribution in [0.4, 0.5) is 10.1 Å². The van der Waals surface area contributed by atoms with Gasteiger partial charge in [0.15, 0.2) is 0 Å². The Labute approximate surface area is 154 Å². The van der Waals surface area contributed by atoms with Gasteiger partial charge in [0.1, 0.15) is 5.82 Å². The highest BCUT2D eigenvalue weighted by Crippen LogP contribution is 2.17. The van der Waals surface area contributed by atoms with Crippen molar-refractivity contribution in [1.82, 2.24) is 10.2 Å². The van der Waals surface area contributed by atoms with Crippen LogP contribution in [0.15, 0.2) is 48.5 Å². The van der Waals surface area contributed by atoms with Crippen molar-refractivity contribution in [1.29, 1.82) is 0 Å². The maximum absolute atomic E-state index is 12.9. The second-order valence-electron chi connectivity index (χ2n) is 6.76. The summed E-state index contributed by atoms with van der Waals surface area (Å²) in [4.78, 5) is 16.6. The fraction of sp³-hybridized carbons (Fsp3) is 0.381. The van der Waals surface area contributed by atoms with Gasteiger partial charge in [0, 0.05) is 31.9 Å². The molecule has 0 bridgehead atoms. The highest BCUT2D eigenvalue weighted by Gasteiger charge is 2.20. The largest absolute Gasteiger partial charge is 0.368 e. The van der Waals surface area contributed by atoms with Crippen LogP contribution in [-0.4, -0.2) is 50.1 Å². The summed E-state index contributed by atoms with van der Waals surface area (Å²) in [6.07, 6.45) is 0.786. The predicted molar refractivity (Wildman–Crippen MR) is 103 cm³/mol. The number of benzene rings is 2. The molecule has 1 aliphatic rings. The lowest BCUT2D eigenvalue weighted by Crippen LogP contribution is -2.51. The van der Waals surface area contributed by atoms with Gasteiger partial charge in [0.05, 0.1) is 6.54 Å². The quantitative estimate of drug-likeness (QED) is 0.809. The number of halogens is 1. The molecule has 0 aliphatic carbocycles. The molecular formula is C21H26FN3O. The summed E-state index contributed by atoms with van der Waals surface area (Å²) in [6.45, 7) is 6.40. The molecule has 0 radical (unpaired) electrons. The van der Waals surface area contributed by atoms with E-state index in [1.807, 2.05) is 4.90 Å². The maximum atomic E-state index is 12.9. The molecule has 1 aliphatic heterocycles. The van der Waals surface area contributed by atoms with Gasteiger partial charge in [-0.2, -0.15) is 0 Å². The van der Waals surface area contributed by atoms with E-state index in [0.29, 0.717) is 13.1 Å². The summed E-state index contributed by atoms with van der Waals surface area (Å²) in [5.41, 5.74) is 3.55. The molecule has 0 unspecified atom stereocenters. The molecule has 3 rings (SSSR count). The van der Waals surface area contributed by atoms with E-state index in [1.165, 1.54) is 23.4 Å². The zero-order chi connectivity index (χ0) is 18.4. The Morgan fingerprint density at radius 3 is 2.50 bits per heavy atom. The van der Waals surface area contributed by atoms with Crippen molar-refractivity contribution in [3.8, 4) is 0 Å². The van der Waals surface area contributed by atoms with Crippen molar-refractivity contribution < 1.29 is 9.18 Å². The normalized spacial score (nSPS) is 14.5. The SMILES string of the molecule is Cc1cccc(N2CCN(C(=O)CNCCc3ccc(F)cc3)CC2)c1. The van der Waals surface area contributed by atoms with Crippen LogP contribution in [-0.2, 0) is 11.2 Å². The first kappa shape index (κ1) is 18.4. The standard InChI is InChI=1S/C21H26FN3O/c1-17-3-2-4-20(15-17)24-11-13-25(14-12-24)21(26)16-23-10-9-18-5-7-19(22)8-6-18/h2-8,15,23H,9-14,16H2,1H3. The number of carbonyl (C=O) groups is 1. The Balaban J connectivity index is 1.37. The summed E-state index contributed by atoms with van der Waals surface area (Å²) >= 11 is 0. The Morgan fingerprint density at radius 1 is 1.08 bits per heavy atom. The number of piperazine rings is 1. The molecule has 0 atom stereocenters. The third-order valence-corrected chi connectivity index (χ3v) is 4.78. The lowest BCUT2D eigenvalue weighted by molar-refractivity contribution is -0.130. The maximum Gasteiger partial charge on any atom is 0.236 e. The van der Waals surface area contributed by atoms with E-state index >= 15 is 0 Å². The van der Waals surface area contributed by atoms with Crippen LogP contribution in [0.3, 0.4) is 0 Å². The number of nitrogens with one attached hydrogen (secondary N) is 1. The Hall–Kier alpha value is -2.40. The number of anilines is 1. The number of carbonyl (C=O) groups excluding carboxylic acids is 1. The molecule has 0 spiro atoms. The smallest absolute Gasteiger partial charge is 0.236 e. The molecule has 4 nitrogen and oxygen atoms in total. The van der Waals surface area contributed by atoms with Gasteiger partial charge < -0.3 is 15.1 Å². The van der Waals surface area contributed by atoms with E-state index in [-0.39, 0.29) is 11.7 Å². The van der Waals surface area contributed by atoms with E-state index in [4.69, 9.17) is 0 Å². The van der Waals surface area contributed by atoms with Gasteiger partial charge >= 0.3 is 0 Å². The van der Waals surface area contributed by atoms with E-state index in [2.05, 4.69) is 41.4 Å². The molecule has 5 heteroatoms. The third kappa shape index (κ3) is 5.05. The number of rotatable bonds is 6. The topological polar surface area (TPSA) is 35.6 Å². The minimum Gasteiger partial charge on any atom is -0.368 e. The van der Waals surface area contributed by atoms with Crippen molar-refractivity contribution in [2.45, 2.75) is 13.3 Å². The number of aryl methyl sites for hydroxylation is 1. The Morgan fingerprint density at radius 2 is 1.81 bits per heavy atom. The molecule has 26 heavy (non-hydrogen) atoms. The molecule has 138 valence electrons. The van der Waals surface area contributed by atoms with E-state index in [1.54, 1.807) is 12.1 Å². The molecular weight excluding hydrogens is 329 g/mol. The summed E-state index contributed by atoms with van der Waals surface area (Å²) < 4.78 is 12.9. The predicted octanol–water partition coefficient (Wildman–Crippen LogP) is 2.62. The fourth-order valence-electron chi connectivity index (χ4n) is 3.23. The Kier molecular flexibility index (Phi) is 6.23. The number of hydrogen-bond acceptors (Lipinski definition) is 3. The number of hydrogen-bond donors (Lipinski definition) is 1. The second-order valence-corrected chi connectivity index (χ2v) is 6.76. The van der Waals surface area contributed by atoms with Crippen LogP contribution in [0, 0.1) is 12.7 Å². The van der Waals surface area contributed by atoms with Crippen molar-refractivity contribution in [2.24, 2.45) is 0 Å². The average molecular weight is 355 g/mol. The van der Waals surface area contributed by atoms with E-state index < -0.39 is 0 Å². The van der Waals surface area contributed by atoms with Gasteiger partial charge in [0.25, 0.3) is 0 Å². The van der Waals surface area contributed by atoms with Gasteiger partial charge in [-0.3, -0.25) is 4.79 Å². The van der Waals surface area contributed by atoms with Crippen molar-refractivity contribution in [3.05, 3.63) is 65.5 Å². The highest BCUT2D eigenvalue weighted by molar-refractivity contribution is 5.78. The average Bonchev–Trinajstić information content (AvgIpc) is 2.66. The summed E-state index contributed by atoms with van der Waals surface area (Å²) in [5.74, 6) is -0.0744. The molecule has 1 heterocycles. The number of nitrogens with zero attached hydrogens (tertiary/aromatic N) is 2. The first-order chi connectivity index (χ1) is 12.6. The van der Waals surface area contributed by atoms with Gasteiger partial charge in [-0.25, -0.2) is 4.39 Å². The van der Waals surface area contributed by atoms with Crippen LogP contribution < -0.4 is 10.2 Å². The highest BCUT2D eigenvalue weighted by atomic mass is 19.1. The summed E-state index contributed by atoms with van der Waals surface area (Å²) in [5, 5.41) is 3.20. The van der Waals surface area contributed by atoms with Crippen molar-refractivity contribution in [2.75, 3.05) is 44.2 Å². The van der Waals surface area contributed by atoms with Crippen LogP contribution in [0.1, 0.15) is 11.1 Å².